The standard InChI is InChI=1S/C20H25F2N3O2S/c1-4-23-20(24-11-10-16-17(21)6-5-7-18(16)22)25-13-15-8-9-19(14(2)12-15)28(3,26)27/h5-9,12H,4,10-11,13H2,1-3H3,(H2,23,24,25). The molecule has 8 heteroatoms. The van der Waals surface area contributed by atoms with Gasteiger partial charge >= 0.3 is 0 Å². The highest BCUT2D eigenvalue weighted by Gasteiger charge is 2.11. The highest BCUT2D eigenvalue weighted by molar-refractivity contribution is 7.90. The van der Waals surface area contributed by atoms with Gasteiger partial charge < -0.3 is 10.6 Å². The average molecular weight is 410 g/mol. The molecule has 2 N–H and O–H groups in total. The van der Waals surface area contributed by atoms with E-state index in [0.717, 1.165) is 5.56 Å². The van der Waals surface area contributed by atoms with Crippen molar-refractivity contribution in [3.8, 4) is 0 Å². The summed E-state index contributed by atoms with van der Waals surface area (Å²) in [6, 6.07) is 8.91. The van der Waals surface area contributed by atoms with Crippen molar-refractivity contribution in [2.75, 3.05) is 19.3 Å². The van der Waals surface area contributed by atoms with Crippen LogP contribution in [0.15, 0.2) is 46.3 Å². The molecule has 0 aromatic heterocycles. The molecule has 2 aromatic carbocycles. The number of sulfone groups is 1. The van der Waals surface area contributed by atoms with Crippen molar-refractivity contribution in [2.45, 2.75) is 31.7 Å². The molecule has 2 rings (SSSR count). The monoisotopic (exact) mass is 409 g/mol. The Bertz CT molecular complexity index is 940. The molecule has 0 saturated heterocycles. The summed E-state index contributed by atoms with van der Waals surface area (Å²) in [5, 5.41) is 6.13. The molecule has 0 spiro atoms. The van der Waals surface area contributed by atoms with Crippen LogP contribution in [0.3, 0.4) is 0 Å². The van der Waals surface area contributed by atoms with E-state index in [1.807, 2.05) is 6.92 Å². The van der Waals surface area contributed by atoms with E-state index < -0.39 is 21.5 Å². The molecule has 0 unspecified atom stereocenters. The molecule has 0 aliphatic carbocycles. The van der Waals surface area contributed by atoms with Gasteiger partial charge in [0.05, 0.1) is 11.4 Å². The van der Waals surface area contributed by atoms with Crippen molar-refractivity contribution >= 4 is 15.8 Å². The second-order valence-electron chi connectivity index (χ2n) is 6.44. The molecule has 0 saturated carbocycles. The normalized spacial score (nSPS) is 12.1. The van der Waals surface area contributed by atoms with E-state index in [1.54, 1.807) is 25.1 Å². The predicted molar refractivity (Wildman–Crippen MR) is 107 cm³/mol. The van der Waals surface area contributed by atoms with Gasteiger partial charge in [-0.1, -0.05) is 18.2 Å². The molecule has 0 atom stereocenters. The van der Waals surface area contributed by atoms with Gasteiger partial charge in [-0.05, 0) is 49.6 Å². The highest BCUT2D eigenvalue weighted by atomic mass is 32.2. The SMILES string of the molecule is CCNC(=NCc1ccc(S(C)(=O)=O)c(C)c1)NCCc1c(F)cccc1F. The zero-order valence-corrected chi connectivity index (χ0v) is 17.0. The third-order valence-corrected chi connectivity index (χ3v) is 5.39. The summed E-state index contributed by atoms with van der Waals surface area (Å²) in [4.78, 5) is 4.75. The predicted octanol–water partition coefficient (Wildman–Crippen LogP) is 2.97. The highest BCUT2D eigenvalue weighted by Crippen LogP contribution is 2.17. The number of nitrogens with one attached hydrogen (secondary N) is 2. The Hall–Kier alpha value is -2.48. The van der Waals surface area contributed by atoms with Crippen LogP contribution in [0.2, 0.25) is 0 Å². The van der Waals surface area contributed by atoms with Gasteiger partial charge in [0, 0.05) is 24.9 Å². The second kappa shape index (κ2) is 9.64. The molecule has 0 radical (unpaired) electrons. The minimum Gasteiger partial charge on any atom is -0.357 e. The molecule has 0 heterocycles. The van der Waals surface area contributed by atoms with Crippen molar-refractivity contribution in [3.63, 3.8) is 0 Å². The Morgan fingerprint density at radius 2 is 1.79 bits per heavy atom. The summed E-state index contributed by atoms with van der Waals surface area (Å²) < 4.78 is 50.8. The minimum atomic E-state index is -3.26. The molecule has 28 heavy (non-hydrogen) atoms. The average Bonchev–Trinajstić information content (AvgIpc) is 2.61. The van der Waals surface area contributed by atoms with Crippen molar-refractivity contribution < 1.29 is 17.2 Å². The van der Waals surface area contributed by atoms with Crippen LogP contribution in [0.1, 0.15) is 23.6 Å². The lowest BCUT2D eigenvalue weighted by Crippen LogP contribution is -2.38. The van der Waals surface area contributed by atoms with Crippen LogP contribution < -0.4 is 10.6 Å². The Kier molecular flexibility index (Phi) is 7.51. The maximum absolute atomic E-state index is 13.7. The fourth-order valence-electron chi connectivity index (χ4n) is 2.82. The topological polar surface area (TPSA) is 70.6 Å². The summed E-state index contributed by atoms with van der Waals surface area (Å²) >= 11 is 0. The van der Waals surface area contributed by atoms with Gasteiger partial charge in [-0.2, -0.15) is 0 Å². The number of guanidine groups is 1. The summed E-state index contributed by atoms with van der Waals surface area (Å²) in [7, 11) is -3.26. The number of hydrogen-bond acceptors (Lipinski definition) is 3. The van der Waals surface area contributed by atoms with E-state index in [4.69, 9.17) is 0 Å². The molecule has 0 amide bonds. The van der Waals surface area contributed by atoms with E-state index in [0.29, 0.717) is 36.1 Å². The zero-order chi connectivity index (χ0) is 20.7. The Morgan fingerprint density at radius 3 is 2.36 bits per heavy atom. The van der Waals surface area contributed by atoms with Gasteiger partial charge in [-0.3, -0.25) is 0 Å². The van der Waals surface area contributed by atoms with Crippen LogP contribution in [0.5, 0.6) is 0 Å². The molecule has 0 bridgehead atoms. The number of benzene rings is 2. The van der Waals surface area contributed by atoms with E-state index in [2.05, 4.69) is 15.6 Å². The van der Waals surface area contributed by atoms with Gasteiger partial charge in [0.15, 0.2) is 15.8 Å². The van der Waals surface area contributed by atoms with Crippen LogP contribution >= 0.6 is 0 Å². The molecule has 0 aliphatic heterocycles. The molecule has 152 valence electrons. The molecular weight excluding hydrogens is 384 g/mol. The van der Waals surface area contributed by atoms with Crippen molar-refractivity contribution in [3.05, 3.63) is 64.7 Å². The number of aliphatic imine (C=N–C) groups is 1. The lowest BCUT2D eigenvalue weighted by atomic mass is 10.1. The first kappa shape index (κ1) is 21.8. The molecule has 2 aromatic rings. The van der Waals surface area contributed by atoms with Crippen LogP contribution in [0.25, 0.3) is 0 Å². The summed E-state index contributed by atoms with van der Waals surface area (Å²) in [6.07, 6.45) is 1.36. The van der Waals surface area contributed by atoms with Crippen LogP contribution in [-0.2, 0) is 22.8 Å². The minimum absolute atomic E-state index is 0.0397. The van der Waals surface area contributed by atoms with Crippen LogP contribution in [-0.4, -0.2) is 33.7 Å². The first-order chi connectivity index (χ1) is 13.2. The largest absolute Gasteiger partial charge is 0.357 e. The maximum atomic E-state index is 13.7. The van der Waals surface area contributed by atoms with Gasteiger partial charge in [0.25, 0.3) is 0 Å². The quantitative estimate of drug-likeness (QED) is 0.545. The van der Waals surface area contributed by atoms with Gasteiger partial charge in [0.2, 0.25) is 0 Å². The Balaban J connectivity index is 2.03. The van der Waals surface area contributed by atoms with Gasteiger partial charge in [-0.15, -0.1) is 0 Å². The first-order valence-electron chi connectivity index (χ1n) is 8.97. The smallest absolute Gasteiger partial charge is 0.191 e. The van der Waals surface area contributed by atoms with Crippen molar-refractivity contribution in [1.29, 1.82) is 0 Å². The fourth-order valence-corrected chi connectivity index (χ4v) is 3.77. The molecular formula is C20H25F2N3O2S. The third-order valence-electron chi connectivity index (χ3n) is 4.13. The number of halogens is 2. The van der Waals surface area contributed by atoms with E-state index >= 15 is 0 Å². The molecule has 0 fully saturated rings. The van der Waals surface area contributed by atoms with Crippen molar-refractivity contribution in [1.82, 2.24) is 10.6 Å². The lowest BCUT2D eigenvalue weighted by molar-refractivity contribution is 0.553. The van der Waals surface area contributed by atoms with Gasteiger partial charge in [-0.25, -0.2) is 22.2 Å². The maximum Gasteiger partial charge on any atom is 0.191 e. The summed E-state index contributed by atoms with van der Waals surface area (Å²) in [5.41, 5.74) is 1.57. The van der Waals surface area contributed by atoms with E-state index in [1.165, 1.54) is 24.5 Å². The van der Waals surface area contributed by atoms with Crippen LogP contribution in [0.4, 0.5) is 8.78 Å². The summed E-state index contributed by atoms with van der Waals surface area (Å²) in [6.45, 7) is 4.95. The zero-order valence-electron chi connectivity index (χ0n) is 16.2. The molecule has 5 nitrogen and oxygen atoms in total. The van der Waals surface area contributed by atoms with E-state index in [-0.39, 0.29) is 12.0 Å². The Labute approximate surface area is 164 Å². The van der Waals surface area contributed by atoms with Crippen molar-refractivity contribution in [2.24, 2.45) is 4.99 Å². The van der Waals surface area contributed by atoms with E-state index in [9.17, 15) is 17.2 Å². The molecule has 0 aliphatic rings. The first-order valence-corrected chi connectivity index (χ1v) is 10.9. The number of rotatable bonds is 7. The number of hydrogen-bond donors (Lipinski definition) is 2. The third kappa shape index (κ3) is 6.02. The fraction of sp³-hybridized carbons (Fsp3) is 0.350. The van der Waals surface area contributed by atoms with Crippen LogP contribution in [0, 0.1) is 18.6 Å². The van der Waals surface area contributed by atoms with Gasteiger partial charge in [0.1, 0.15) is 11.6 Å². The number of nitrogens with zero attached hydrogens (tertiary/aromatic N) is 1. The number of aryl methyl sites for hydroxylation is 1. The second-order valence-corrected chi connectivity index (χ2v) is 8.43. The summed E-state index contributed by atoms with van der Waals surface area (Å²) in [5.74, 6) is -0.612. The Morgan fingerprint density at radius 1 is 1.11 bits per heavy atom. The lowest BCUT2D eigenvalue weighted by Gasteiger charge is -2.12.